The fraction of sp³-hybridized carbons (Fsp3) is 0.500. The summed E-state index contributed by atoms with van der Waals surface area (Å²) >= 11 is 0. The number of aromatic nitrogens is 2. The first kappa shape index (κ1) is 20.3. The van der Waals surface area contributed by atoms with Crippen LogP contribution in [0.4, 0.5) is 5.69 Å². The Morgan fingerprint density at radius 1 is 1.29 bits per heavy atom. The second-order valence-electron chi connectivity index (χ2n) is 6.85. The van der Waals surface area contributed by atoms with Crippen LogP contribution in [0.3, 0.4) is 0 Å². The molecule has 1 aliphatic heterocycles. The Bertz CT molecular complexity index is 956. The first-order chi connectivity index (χ1) is 13.4. The van der Waals surface area contributed by atoms with Gasteiger partial charge in [-0.05, 0) is 43.5 Å². The molecule has 3 rings (SSSR count). The van der Waals surface area contributed by atoms with Crippen LogP contribution in [0.5, 0.6) is 0 Å². The van der Waals surface area contributed by atoms with Crippen molar-refractivity contribution in [2.24, 2.45) is 5.92 Å². The van der Waals surface area contributed by atoms with Crippen LogP contribution in [0.15, 0.2) is 33.6 Å². The number of piperidine rings is 1. The Morgan fingerprint density at radius 2 is 1.96 bits per heavy atom. The lowest BCUT2D eigenvalue weighted by atomic mass is 9.97. The van der Waals surface area contributed by atoms with Gasteiger partial charge in [-0.1, -0.05) is 18.5 Å². The number of unbranched alkanes of at least 4 members (excludes halogenated alkanes) is 1. The largest absolute Gasteiger partial charge is 0.439 e. The lowest BCUT2D eigenvalue weighted by Gasteiger charge is -2.30. The number of aromatic amines is 1. The maximum absolute atomic E-state index is 12.5. The van der Waals surface area contributed by atoms with E-state index in [0.29, 0.717) is 49.4 Å². The summed E-state index contributed by atoms with van der Waals surface area (Å²) in [6.45, 7) is 2.72. The van der Waals surface area contributed by atoms with E-state index >= 15 is 0 Å². The summed E-state index contributed by atoms with van der Waals surface area (Å²) in [5, 5.41) is 6.47. The van der Waals surface area contributed by atoms with Crippen LogP contribution in [0.25, 0.3) is 11.4 Å². The van der Waals surface area contributed by atoms with Crippen molar-refractivity contribution in [3.63, 3.8) is 0 Å². The summed E-state index contributed by atoms with van der Waals surface area (Å²) in [7, 11) is -3.22. The Labute approximate surface area is 163 Å². The molecule has 0 atom stereocenters. The maximum Gasteiger partial charge on any atom is 0.439 e. The first-order valence-corrected chi connectivity index (χ1v) is 10.9. The van der Waals surface area contributed by atoms with Crippen molar-refractivity contribution in [1.82, 2.24) is 14.4 Å². The third kappa shape index (κ3) is 4.87. The molecule has 1 saturated heterocycles. The number of nitrogens with zero attached hydrogens (tertiary/aromatic N) is 2. The van der Waals surface area contributed by atoms with Gasteiger partial charge in [0.15, 0.2) is 5.82 Å². The zero-order chi connectivity index (χ0) is 20.1. The molecule has 10 heteroatoms. The minimum atomic E-state index is -3.22. The molecule has 1 amide bonds. The van der Waals surface area contributed by atoms with Gasteiger partial charge in [0.2, 0.25) is 15.9 Å². The van der Waals surface area contributed by atoms with Crippen molar-refractivity contribution in [2.75, 3.05) is 24.2 Å². The number of carbonyl (C=O) groups is 1. The average molecular weight is 408 g/mol. The Morgan fingerprint density at radius 3 is 2.54 bits per heavy atom. The molecular formula is C18H24N4O5S. The van der Waals surface area contributed by atoms with Gasteiger partial charge in [0.25, 0.3) is 0 Å². The van der Waals surface area contributed by atoms with Gasteiger partial charge in [-0.15, -0.1) is 0 Å². The van der Waals surface area contributed by atoms with Gasteiger partial charge in [-0.25, -0.2) is 17.5 Å². The van der Waals surface area contributed by atoms with Crippen LogP contribution in [-0.2, 0) is 14.8 Å². The summed E-state index contributed by atoms with van der Waals surface area (Å²) in [6.07, 6.45) is 2.51. The van der Waals surface area contributed by atoms with Gasteiger partial charge >= 0.3 is 5.76 Å². The van der Waals surface area contributed by atoms with E-state index in [1.807, 2.05) is 6.92 Å². The van der Waals surface area contributed by atoms with Gasteiger partial charge in [-0.3, -0.25) is 14.3 Å². The predicted molar refractivity (Wildman–Crippen MR) is 104 cm³/mol. The van der Waals surface area contributed by atoms with E-state index < -0.39 is 15.8 Å². The molecule has 0 spiro atoms. The normalized spacial score (nSPS) is 16.2. The number of amides is 1. The molecule has 0 unspecified atom stereocenters. The topological polar surface area (TPSA) is 125 Å². The minimum Gasteiger partial charge on any atom is -0.326 e. The molecule has 2 N–H and O–H groups in total. The molecule has 2 heterocycles. The van der Waals surface area contributed by atoms with Gasteiger partial charge in [0.1, 0.15) is 0 Å². The number of sulfonamides is 1. The third-order valence-electron chi connectivity index (χ3n) is 4.84. The molecule has 0 aliphatic carbocycles. The van der Waals surface area contributed by atoms with E-state index in [1.54, 1.807) is 24.3 Å². The highest BCUT2D eigenvalue weighted by atomic mass is 32.2. The number of H-pyrrole nitrogens is 1. The molecule has 1 fully saturated rings. The fourth-order valence-electron chi connectivity index (χ4n) is 3.16. The second-order valence-corrected chi connectivity index (χ2v) is 8.94. The van der Waals surface area contributed by atoms with E-state index in [0.717, 1.165) is 6.42 Å². The van der Waals surface area contributed by atoms with Crippen molar-refractivity contribution in [1.29, 1.82) is 0 Å². The monoisotopic (exact) mass is 408 g/mol. The Hall–Kier alpha value is -2.46. The number of benzene rings is 1. The van der Waals surface area contributed by atoms with Crippen molar-refractivity contribution < 1.29 is 17.7 Å². The smallest absolute Gasteiger partial charge is 0.326 e. The number of anilines is 1. The van der Waals surface area contributed by atoms with Gasteiger partial charge in [0, 0.05) is 30.3 Å². The summed E-state index contributed by atoms with van der Waals surface area (Å²) in [4.78, 5) is 26.0. The fourth-order valence-corrected chi connectivity index (χ4v) is 4.84. The molecule has 9 nitrogen and oxygen atoms in total. The van der Waals surface area contributed by atoms with Gasteiger partial charge in [-0.2, -0.15) is 0 Å². The van der Waals surface area contributed by atoms with Crippen LogP contribution in [0, 0.1) is 5.92 Å². The second kappa shape index (κ2) is 8.70. The van der Waals surface area contributed by atoms with Crippen molar-refractivity contribution in [3.05, 3.63) is 34.8 Å². The highest BCUT2D eigenvalue weighted by Crippen LogP contribution is 2.23. The Kier molecular flexibility index (Phi) is 6.30. The quantitative estimate of drug-likeness (QED) is 0.720. The molecule has 1 aliphatic rings. The minimum absolute atomic E-state index is 0.117. The summed E-state index contributed by atoms with van der Waals surface area (Å²) in [5.41, 5.74) is 1.28. The van der Waals surface area contributed by atoms with E-state index in [9.17, 15) is 18.0 Å². The molecule has 1 aromatic carbocycles. The zero-order valence-electron chi connectivity index (χ0n) is 15.7. The molecule has 28 heavy (non-hydrogen) atoms. The lowest BCUT2D eigenvalue weighted by molar-refractivity contribution is -0.120. The molecule has 1 aromatic heterocycles. The van der Waals surface area contributed by atoms with Crippen molar-refractivity contribution >= 4 is 21.6 Å². The van der Waals surface area contributed by atoms with Crippen LogP contribution in [0.1, 0.15) is 32.6 Å². The van der Waals surface area contributed by atoms with E-state index in [4.69, 9.17) is 0 Å². The van der Waals surface area contributed by atoms with E-state index in [2.05, 4.69) is 20.0 Å². The number of rotatable bonds is 7. The predicted octanol–water partition coefficient (Wildman–Crippen LogP) is 1.81. The van der Waals surface area contributed by atoms with Gasteiger partial charge < -0.3 is 5.32 Å². The average Bonchev–Trinajstić information content (AvgIpc) is 3.13. The van der Waals surface area contributed by atoms with Crippen molar-refractivity contribution in [3.8, 4) is 11.4 Å². The van der Waals surface area contributed by atoms with E-state index in [-0.39, 0.29) is 17.6 Å². The SMILES string of the molecule is CCCCS(=O)(=O)N1CCC(C(=O)Nc2ccc(-c3noc(=O)[nH]3)cc2)CC1. The first-order valence-electron chi connectivity index (χ1n) is 9.34. The van der Waals surface area contributed by atoms with Gasteiger partial charge in [0.05, 0.1) is 5.75 Å². The van der Waals surface area contributed by atoms with Crippen LogP contribution < -0.4 is 11.1 Å². The molecule has 0 radical (unpaired) electrons. The molecule has 2 aromatic rings. The highest BCUT2D eigenvalue weighted by Gasteiger charge is 2.30. The number of hydrogen-bond acceptors (Lipinski definition) is 6. The number of nitrogens with one attached hydrogen (secondary N) is 2. The zero-order valence-corrected chi connectivity index (χ0v) is 16.5. The highest BCUT2D eigenvalue weighted by molar-refractivity contribution is 7.89. The summed E-state index contributed by atoms with van der Waals surface area (Å²) < 4.78 is 30.5. The van der Waals surface area contributed by atoms with E-state index in [1.165, 1.54) is 4.31 Å². The molecular weight excluding hydrogens is 384 g/mol. The molecule has 0 bridgehead atoms. The third-order valence-corrected chi connectivity index (χ3v) is 6.80. The maximum atomic E-state index is 12.5. The summed E-state index contributed by atoms with van der Waals surface area (Å²) in [6, 6.07) is 6.85. The van der Waals surface area contributed by atoms with Crippen LogP contribution in [-0.4, -0.2) is 47.6 Å². The van der Waals surface area contributed by atoms with Crippen molar-refractivity contribution in [2.45, 2.75) is 32.6 Å². The standard InChI is InChI=1S/C18H24N4O5S/c1-2-3-12-28(25,26)22-10-8-14(9-11-22)17(23)19-15-6-4-13(5-7-15)16-20-18(24)27-21-16/h4-7,14H,2-3,8-12H2,1H3,(H,19,23)(H,20,21,24). The lowest BCUT2D eigenvalue weighted by Crippen LogP contribution is -2.42. The molecule has 152 valence electrons. The van der Waals surface area contributed by atoms with Crippen LogP contribution in [0.2, 0.25) is 0 Å². The Balaban J connectivity index is 1.54. The van der Waals surface area contributed by atoms with Crippen LogP contribution >= 0.6 is 0 Å². The molecule has 0 saturated carbocycles. The number of carbonyl (C=O) groups excluding carboxylic acids is 1. The summed E-state index contributed by atoms with van der Waals surface area (Å²) in [5.74, 6) is -0.476. The number of hydrogen-bond donors (Lipinski definition) is 2.